The highest BCUT2D eigenvalue weighted by molar-refractivity contribution is 5.27. The van der Waals surface area contributed by atoms with Crippen molar-refractivity contribution in [3.8, 4) is 5.75 Å². The van der Waals surface area contributed by atoms with Gasteiger partial charge in [0.15, 0.2) is 0 Å². The summed E-state index contributed by atoms with van der Waals surface area (Å²) in [4.78, 5) is 2.22. The smallest absolute Gasteiger partial charge is 0.119 e. The molecule has 0 amide bonds. The number of aryl methyl sites for hydroxylation is 1. The number of hydrogen-bond acceptors (Lipinski definition) is 2. The summed E-state index contributed by atoms with van der Waals surface area (Å²) < 4.78 is 5.81. The van der Waals surface area contributed by atoms with E-state index in [0.29, 0.717) is 5.92 Å². The third-order valence-electron chi connectivity index (χ3n) is 2.68. The predicted molar refractivity (Wildman–Crippen MR) is 80.4 cm³/mol. The lowest BCUT2D eigenvalue weighted by Crippen LogP contribution is -2.25. The van der Waals surface area contributed by atoms with Crippen LogP contribution in [0.4, 0.5) is 0 Å². The van der Waals surface area contributed by atoms with Gasteiger partial charge in [-0.25, -0.2) is 0 Å². The number of nitrogens with zero attached hydrogens (tertiary/aromatic N) is 1. The third-order valence-corrected chi connectivity index (χ3v) is 2.68. The van der Waals surface area contributed by atoms with E-state index in [1.54, 1.807) is 0 Å². The van der Waals surface area contributed by atoms with E-state index in [4.69, 9.17) is 4.74 Å². The molecule has 1 atom stereocenters. The molecule has 0 aromatic heterocycles. The molecule has 1 aromatic carbocycles. The van der Waals surface area contributed by atoms with Crippen molar-refractivity contribution in [1.29, 1.82) is 0 Å². The molecule has 1 unspecified atom stereocenters. The fourth-order valence-electron chi connectivity index (χ4n) is 1.74. The molecule has 18 heavy (non-hydrogen) atoms. The van der Waals surface area contributed by atoms with E-state index in [1.165, 1.54) is 5.56 Å². The molecule has 0 aliphatic heterocycles. The van der Waals surface area contributed by atoms with E-state index >= 15 is 0 Å². The molecule has 1 rings (SSSR count). The van der Waals surface area contributed by atoms with Gasteiger partial charge in [0.25, 0.3) is 0 Å². The molecule has 0 N–H and O–H groups in total. The monoisotopic (exact) mass is 251 g/mol. The van der Waals surface area contributed by atoms with E-state index in [0.717, 1.165) is 25.3 Å². The molecule has 0 saturated heterocycles. The zero-order chi connectivity index (χ0) is 14.0. The van der Waals surface area contributed by atoms with Crippen LogP contribution in [0.1, 0.15) is 32.8 Å². The zero-order valence-corrected chi connectivity index (χ0v) is 12.9. The van der Waals surface area contributed by atoms with E-state index in [1.807, 2.05) is 26.0 Å². The van der Waals surface area contributed by atoms with Gasteiger partial charge in [0.1, 0.15) is 5.75 Å². The summed E-state index contributed by atoms with van der Waals surface area (Å²) in [6.45, 7) is 10.2. The van der Waals surface area contributed by atoms with Crippen LogP contribution in [0.5, 0.6) is 5.75 Å². The van der Waals surface area contributed by atoms with Gasteiger partial charge in [0.2, 0.25) is 0 Å². The topological polar surface area (TPSA) is 12.5 Å². The fourth-order valence-corrected chi connectivity index (χ4v) is 1.74. The van der Waals surface area contributed by atoms with Crippen LogP contribution in [0, 0.1) is 12.8 Å². The van der Waals surface area contributed by atoms with Gasteiger partial charge < -0.3 is 9.64 Å². The first-order valence-corrected chi connectivity index (χ1v) is 6.96. The summed E-state index contributed by atoms with van der Waals surface area (Å²) in [5.74, 6) is 1.59. The van der Waals surface area contributed by atoms with Gasteiger partial charge in [0, 0.05) is 12.5 Å². The summed E-state index contributed by atoms with van der Waals surface area (Å²) in [5, 5.41) is 0. The van der Waals surface area contributed by atoms with Gasteiger partial charge in [-0.2, -0.15) is 0 Å². The first-order chi connectivity index (χ1) is 8.61. The normalized spacial score (nSPS) is 11.7. The van der Waals surface area contributed by atoms with Crippen LogP contribution in [0.25, 0.3) is 0 Å². The Morgan fingerprint density at radius 2 is 1.89 bits per heavy atom. The highest BCUT2D eigenvalue weighted by atomic mass is 16.5. The molecule has 2 nitrogen and oxygen atoms in total. The number of rotatable bonds is 6. The SMILES string of the molecule is CC.CCC(COc1cccc(C)c1)CN(C)C. The van der Waals surface area contributed by atoms with Gasteiger partial charge in [-0.1, -0.05) is 32.9 Å². The van der Waals surface area contributed by atoms with Crippen LogP contribution in [0.3, 0.4) is 0 Å². The lowest BCUT2D eigenvalue weighted by atomic mass is 10.1. The number of ether oxygens (including phenoxy) is 1. The molecule has 0 radical (unpaired) electrons. The Bertz CT molecular complexity index is 310. The van der Waals surface area contributed by atoms with Crippen molar-refractivity contribution in [2.45, 2.75) is 34.1 Å². The first-order valence-electron chi connectivity index (χ1n) is 6.96. The van der Waals surface area contributed by atoms with Crippen molar-refractivity contribution in [3.63, 3.8) is 0 Å². The van der Waals surface area contributed by atoms with E-state index in [9.17, 15) is 0 Å². The van der Waals surface area contributed by atoms with Crippen LogP contribution in [0.2, 0.25) is 0 Å². The average molecular weight is 251 g/mol. The quantitative estimate of drug-likeness (QED) is 0.758. The van der Waals surface area contributed by atoms with E-state index in [2.05, 4.69) is 45.0 Å². The number of benzene rings is 1. The molecule has 104 valence electrons. The maximum Gasteiger partial charge on any atom is 0.119 e. The van der Waals surface area contributed by atoms with Crippen LogP contribution in [-0.2, 0) is 0 Å². The maximum atomic E-state index is 5.81. The molecule has 2 heteroatoms. The van der Waals surface area contributed by atoms with Crippen LogP contribution >= 0.6 is 0 Å². The molecular weight excluding hydrogens is 222 g/mol. The maximum absolute atomic E-state index is 5.81. The van der Waals surface area contributed by atoms with Crippen molar-refractivity contribution in [3.05, 3.63) is 29.8 Å². The summed E-state index contributed by atoms with van der Waals surface area (Å²) in [5.41, 5.74) is 1.25. The molecular formula is C16H29NO. The Morgan fingerprint density at radius 1 is 1.22 bits per heavy atom. The molecule has 0 aliphatic carbocycles. The summed E-state index contributed by atoms with van der Waals surface area (Å²) >= 11 is 0. The highest BCUT2D eigenvalue weighted by Crippen LogP contribution is 2.14. The van der Waals surface area contributed by atoms with Crippen molar-refractivity contribution in [1.82, 2.24) is 4.90 Å². The minimum atomic E-state index is 0.607. The predicted octanol–water partition coefficient (Wildman–Crippen LogP) is 3.99. The van der Waals surface area contributed by atoms with Gasteiger partial charge >= 0.3 is 0 Å². The number of hydrogen-bond donors (Lipinski definition) is 0. The second-order valence-corrected chi connectivity index (χ2v) is 4.66. The van der Waals surface area contributed by atoms with Crippen LogP contribution < -0.4 is 4.74 Å². The van der Waals surface area contributed by atoms with Gasteiger partial charge in [-0.15, -0.1) is 0 Å². The molecule has 0 bridgehead atoms. The summed E-state index contributed by atoms with van der Waals surface area (Å²) in [6.07, 6.45) is 1.16. The molecule has 1 aromatic rings. The largest absolute Gasteiger partial charge is 0.493 e. The highest BCUT2D eigenvalue weighted by Gasteiger charge is 2.08. The standard InChI is InChI=1S/C14H23NO.C2H6/c1-5-13(10-15(3)4)11-16-14-8-6-7-12(2)9-14;1-2/h6-9,13H,5,10-11H2,1-4H3;1-2H3. The van der Waals surface area contributed by atoms with Crippen molar-refractivity contribution in [2.24, 2.45) is 5.92 Å². The minimum Gasteiger partial charge on any atom is -0.493 e. The van der Waals surface area contributed by atoms with Crippen LogP contribution in [-0.4, -0.2) is 32.1 Å². The Kier molecular flexibility index (Phi) is 9.39. The van der Waals surface area contributed by atoms with Gasteiger partial charge in [0.05, 0.1) is 6.61 Å². The second-order valence-electron chi connectivity index (χ2n) is 4.66. The third kappa shape index (κ3) is 7.33. The summed E-state index contributed by atoms with van der Waals surface area (Å²) in [7, 11) is 4.21. The average Bonchev–Trinajstić information content (AvgIpc) is 2.36. The second kappa shape index (κ2) is 9.95. The Morgan fingerprint density at radius 3 is 2.39 bits per heavy atom. The molecule has 0 heterocycles. The van der Waals surface area contributed by atoms with Crippen molar-refractivity contribution >= 4 is 0 Å². The summed E-state index contributed by atoms with van der Waals surface area (Å²) in [6, 6.07) is 8.24. The van der Waals surface area contributed by atoms with Gasteiger partial charge in [-0.3, -0.25) is 0 Å². The molecule has 0 saturated carbocycles. The Labute approximate surface area is 113 Å². The van der Waals surface area contributed by atoms with E-state index in [-0.39, 0.29) is 0 Å². The Hall–Kier alpha value is -1.02. The molecule has 0 spiro atoms. The molecule has 0 aliphatic rings. The van der Waals surface area contributed by atoms with Crippen molar-refractivity contribution in [2.75, 3.05) is 27.2 Å². The first kappa shape index (κ1) is 17.0. The zero-order valence-electron chi connectivity index (χ0n) is 12.9. The molecule has 0 fully saturated rings. The lowest BCUT2D eigenvalue weighted by molar-refractivity contribution is 0.206. The van der Waals surface area contributed by atoms with Gasteiger partial charge in [-0.05, 0) is 45.1 Å². The van der Waals surface area contributed by atoms with Crippen LogP contribution in [0.15, 0.2) is 24.3 Å². The fraction of sp³-hybridized carbons (Fsp3) is 0.625. The van der Waals surface area contributed by atoms with E-state index < -0.39 is 0 Å². The Balaban J connectivity index is 0.00000137. The minimum absolute atomic E-state index is 0.607. The van der Waals surface area contributed by atoms with Crippen molar-refractivity contribution < 1.29 is 4.74 Å². The lowest BCUT2D eigenvalue weighted by Gasteiger charge is -2.20.